The third-order valence-electron chi connectivity index (χ3n) is 9.55. The number of aromatic nitrogens is 1. The normalized spacial score (nSPS) is 22.4. The summed E-state index contributed by atoms with van der Waals surface area (Å²) in [5.41, 5.74) is 4.43. The third-order valence-corrected chi connectivity index (χ3v) is 9.55. The van der Waals surface area contributed by atoms with Gasteiger partial charge in [0.1, 0.15) is 0 Å². The van der Waals surface area contributed by atoms with Gasteiger partial charge in [-0.3, -0.25) is 24.4 Å². The zero-order chi connectivity index (χ0) is 28.9. The standard InChI is InChI=1S/C35H43N5O2/c1-27(41)39-22-18-32-14-15-33(40(32)24-31-12-7-8-19-36-31)25-38(23-30-11-5-6-13-34(30)39)35(42)26-37-20-16-29(17-21-37)28-9-3-2-4-10-28/h2-13,19,29,32-33H,14-18,20-26H2,1H3/t32-,33+/m0/s1. The number of amides is 2. The molecule has 4 heterocycles. The van der Waals surface area contributed by atoms with Gasteiger partial charge in [0, 0.05) is 57.1 Å². The van der Waals surface area contributed by atoms with Crippen LogP contribution < -0.4 is 4.90 Å². The van der Waals surface area contributed by atoms with E-state index in [0.29, 0.717) is 38.1 Å². The first-order chi connectivity index (χ1) is 20.5. The number of hydrogen-bond acceptors (Lipinski definition) is 5. The second-order valence-corrected chi connectivity index (χ2v) is 12.2. The molecule has 1 aromatic heterocycles. The van der Waals surface area contributed by atoms with Gasteiger partial charge >= 0.3 is 0 Å². The summed E-state index contributed by atoms with van der Waals surface area (Å²) in [5, 5.41) is 0. The molecule has 0 unspecified atom stereocenters. The maximum Gasteiger partial charge on any atom is 0.237 e. The van der Waals surface area contributed by atoms with E-state index in [-0.39, 0.29) is 17.9 Å². The molecular formula is C35H43N5O2. The highest BCUT2D eigenvalue weighted by atomic mass is 16.2. The first kappa shape index (κ1) is 28.6. The number of piperidine rings is 1. The van der Waals surface area contributed by atoms with Crippen molar-refractivity contribution in [2.75, 3.05) is 37.6 Å². The van der Waals surface area contributed by atoms with Crippen LogP contribution in [0.4, 0.5) is 5.69 Å². The molecule has 7 heteroatoms. The minimum absolute atomic E-state index is 0.0479. The molecule has 3 aromatic rings. The van der Waals surface area contributed by atoms with Gasteiger partial charge in [-0.05, 0) is 80.4 Å². The summed E-state index contributed by atoms with van der Waals surface area (Å²) >= 11 is 0. The van der Waals surface area contributed by atoms with Crippen LogP contribution in [0.2, 0.25) is 0 Å². The van der Waals surface area contributed by atoms with Crippen LogP contribution in [-0.4, -0.2) is 76.3 Å². The number of carbonyl (C=O) groups excluding carboxylic acids is 2. The van der Waals surface area contributed by atoms with Gasteiger partial charge in [-0.25, -0.2) is 0 Å². The summed E-state index contributed by atoms with van der Waals surface area (Å²) in [4.78, 5) is 40.5. The molecule has 220 valence electrons. The number of rotatable bonds is 5. The van der Waals surface area contributed by atoms with E-state index in [2.05, 4.69) is 62.1 Å². The Kier molecular flexibility index (Phi) is 8.96. The predicted octanol–water partition coefficient (Wildman–Crippen LogP) is 5.08. The van der Waals surface area contributed by atoms with E-state index in [1.165, 1.54) is 5.56 Å². The van der Waals surface area contributed by atoms with E-state index in [1.807, 2.05) is 41.4 Å². The summed E-state index contributed by atoms with van der Waals surface area (Å²) in [5.74, 6) is 0.791. The van der Waals surface area contributed by atoms with Crippen LogP contribution in [0.5, 0.6) is 0 Å². The second-order valence-electron chi connectivity index (χ2n) is 12.2. The Bertz CT molecular complexity index is 1340. The summed E-state index contributed by atoms with van der Waals surface area (Å²) in [6.45, 7) is 6.61. The van der Waals surface area contributed by atoms with E-state index in [1.54, 1.807) is 6.92 Å². The number of likely N-dealkylation sites (tertiary alicyclic amines) is 1. The number of hydrogen-bond donors (Lipinski definition) is 0. The maximum atomic E-state index is 14.1. The molecule has 2 amide bonds. The van der Waals surface area contributed by atoms with Crippen molar-refractivity contribution in [3.63, 3.8) is 0 Å². The van der Waals surface area contributed by atoms with Gasteiger partial charge in [0.05, 0.1) is 12.2 Å². The molecule has 2 atom stereocenters. The number of anilines is 1. The second kappa shape index (κ2) is 13.2. The lowest BCUT2D eigenvalue weighted by Gasteiger charge is -2.36. The van der Waals surface area contributed by atoms with Crippen molar-refractivity contribution in [3.05, 3.63) is 95.8 Å². The Balaban J connectivity index is 1.23. The molecule has 0 saturated carbocycles. The number of para-hydroxylation sites is 1. The molecule has 0 radical (unpaired) electrons. The van der Waals surface area contributed by atoms with Gasteiger partial charge in [-0.15, -0.1) is 0 Å². The van der Waals surface area contributed by atoms with E-state index in [0.717, 1.165) is 68.7 Å². The lowest BCUT2D eigenvalue weighted by molar-refractivity contribution is -0.134. The van der Waals surface area contributed by atoms with E-state index in [9.17, 15) is 9.59 Å². The van der Waals surface area contributed by atoms with Crippen molar-refractivity contribution in [1.29, 1.82) is 0 Å². The van der Waals surface area contributed by atoms with Gasteiger partial charge in [0.25, 0.3) is 0 Å². The Hall–Kier alpha value is -3.55. The van der Waals surface area contributed by atoms with Gasteiger partial charge < -0.3 is 9.80 Å². The third kappa shape index (κ3) is 6.58. The van der Waals surface area contributed by atoms with E-state index in [4.69, 9.17) is 0 Å². The monoisotopic (exact) mass is 565 g/mol. The van der Waals surface area contributed by atoms with Crippen LogP contribution in [0.1, 0.15) is 61.8 Å². The van der Waals surface area contributed by atoms with Crippen molar-refractivity contribution in [2.24, 2.45) is 0 Å². The zero-order valence-corrected chi connectivity index (χ0v) is 24.8. The summed E-state index contributed by atoms with van der Waals surface area (Å²) in [7, 11) is 0. The van der Waals surface area contributed by atoms with Gasteiger partial charge in [0.15, 0.2) is 0 Å². The molecule has 3 aliphatic rings. The highest BCUT2D eigenvalue weighted by Gasteiger charge is 2.37. The number of pyridine rings is 1. The van der Waals surface area contributed by atoms with E-state index < -0.39 is 0 Å². The molecule has 2 fully saturated rings. The quantitative estimate of drug-likeness (QED) is 0.432. The van der Waals surface area contributed by atoms with Crippen LogP contribution >= 0.6 is 0 Å². The highest BCUT2D eigenvalue weighted by molar-refractivity contribution is 5.92. The molecule has 2 saturated heterocycles. The Morgan fingerprint density at radius 3 is 2.31 bits per heavy atom. The molecule has 7 nitrogen and oxygen atoms in total. The van der Waals surface area contributed by atoms with Crippen LogP contribution in [-0.2, 0) is 22.7 Å². The maximum absolute atomic E-state index is 14.1. The molecule has 2 bridgehead atoms. The Morgan fingerprint density at radius 2 is 1.55 bits per heavy atom. The topological polar surface area (TPSA) is 60.0 Å². The molecule has 0 aliphatic carbocycles. The predicted molar refractivity (Wildman–Crippen MR) is 166 cm³/mol. The number of fused-ring (bicyclic) bond motifs is 3. The smallest absolute Gasteiger partial charge is 0.237 e. The van der Waals surface area contributed by atoms with Crippen molar-refractivity contribution >= 4 is 17.5 Å². The molecule has 0 N–H and O–H groups in total. The highest BCUT2D eigenvalue weighted by Crippen LogP contribution is 2.33. The van der Waals surface area contributed by atoms with Gasteiger partial charge in [-0.2, -0.15) is 0 Å². The first-order valence-electron chi connectivity index (χ1n) is 15.6. The van der Waals surface area contributed by atoms with Crippen molar-refractivity contribution in [2.45, 2.75) is 70.1 Å². The molecule has 3 aliphatic heterocycles. The van der Waals surface area contributed by atoms with Crippen molar-refractivity contribution < 1.29 is 9.59 Å². The van der Waals surface area contributed by atoms with Crippen LogP contribution in [0.15, 0.2) is 79.0 Å². The lowest BCUT2D eigenvalue weighted by Crippen LogP contribution is -2.48. The molecular weight excluding hydrogens is 522 g/mol. The van der Waals surface area contributed by atoms with Crippen molar-refractivity contribution in [1.82, 2.24) is 19.7 Å². The van der Waals surface area contributed by atoms with Crippen LogP contribution in [0.3, 0.4) is 0 Å². The average Bonchev–Trinajstić information content (AvgIpc) is 3.37. The number of carbonyl (C=O) groups is 2. The van der Waals surface area contributed by atoms with Crippen LogP contribution in [0.25, 0.3) is 0 Å². The summed E-state index contributed by atoms with van der Waals surface area (Å²) in [6.07, 6.45) is 7.03. The van der Waals surface area contributed by atoms with E-state index >= 15 is 0 Å². The largest absolute Gasteiger partial charge is 0.336 e. The average molecular weight is 566 g/mol. The fraction of sp³-hybridized carbons (Fsp3) is 0.457. The molecule has 42 heavy (non-hydrogen) atoms. The SMILES string of the molecule is CC(=O)N1CC[C@@H]2CC[C@H](CN(C(=O)CN3CCC(c4ccccc4)CC3)Cc3ccccc31)N2Cc1ccccn1. The Labute approximate surface area is 250 Å². The molecule has 0 spiro atoms. The van der Waals surface area contributed by atoms with Gasteiger partial charge in [-0.1, -0.05) is 54.6 Å². The van der Waals surface area contributed by atoms with Crippen LogP contribution in [0, 0.1) is 0 Å². The summed E-state index contributed by atoms with van der Waals surface area (Å²) < 4.78 is 0. The Morgan fingerprint density at radius 1 is 0.810 bits per heavy atom. The summed E-state index contributed by atoms with van der Waals surface area (Å²) in [6, 6.07) is 25.6. The molecule has 2 aromatic carbocycles. The molecule has 6 rings (SSSR count). The fourth-order valence-electron chi connectivity index (χ4n) is 7.25. The number of benzene rings is 2. The minimum Gasteiger partial charge on any atom is -0.336 e. The number of nitrogens with zero attached hydrogens (tertiary/aromatic N) is 5. The van der Waals surface area contributed by atoms with Crippen molar-refractivity contribution in [3.8, 4) is 0 Å². The zero-order valence-electron chi connectivity index (χ0n) is 24.8. The van der Waals surface area contributed by atoms with Gasteiger partial charge in [0.2, 0.25) is 11.8 Å². The lowest BCUT2D eigenvalue weighted by atomic mass is 9.89. The minimum atomic E-state index is 0.0479. The fourth-order valence-corrected chi connectivity index (χ4v) is 7.25. The first-order valence-corrected chi connectivity index (χ1v) is 15.6.